The summed E-state index contributed by atoms with van der Waals surface area (Å²) in [7, 11) is 0. The highest BCUT2D eigenvalue weighted by atomic mass is 16.2. The van der Waals surface area contributed by atoms with Crippen LogP contribution in [0.2, 0.25) is 0 Å². The molecule has 2 N–H and O–H groups in total. The highest BCUT2D eigenvalue weighted by Crippen LogP contribution is 2.27. The molecule has 0 spiro atoms. The van der Waals surface area contributed by atoms with Gasteiger partial charge in [0.05, 0.1) is 11.3 Å². The van der Waals surface area contributed by atoms with Crippen LogP contribution in [0.1, 0.15) is 49.2 Å². The first-order valence-corrected chi connectivity index (χ1v) is 10.1. The minimum absolute atomic E-state index is 0.0882. The summed E-state index contributed by atoms with van der Waals surface area (Å²) in [4.78, 5) is 38.2. The normalized spacial score (nSPS) is 12.9. The molecule has 7 nitrogen and oxygen atoms in total. The molecule has 30 heavy (non-hydrogen) atoms. The number of aryl methyl sites for hydroxylation is 1. The molecular formula is C23H26N4O3. The molecule has 2 unspecified atom stereocenters. The molecule has 3 rings (SSSR count). The van der Waals surface area contributed by atoms with Crippen LogP contribution in [0.15, 0.2) is 59.4 Å². The number of hydrazine groups is 1. The number of hydrogen-bond donors (Lipinski definition) is 2. The molecule has 0 saturated carbocycles. The number of aromatic nitrogens is 2. The van der Waals surface area contributed by atoms with Crippen molar-refractivity contribution in [2.24, 2.45) is 5.92 Å². The van der Waals surface area contributed by atoms with E-state index in [1.165, 1.54) is 4.68 Å². The summed E-state index contributed by atoms with van der Waals surface area (Å²) in [6.45, 7) is 6.14. The van der Waals surface area contributed by atoms with Crippen LogP contribution in [-0.2, 0) is 11.3 Å². The van der Waals surface area contributed by atoms with Crippen molar-refractivity contribution in [3.63, 3.8) is 0 Å². The maximum atomic E-state index is 12.9. The van der Waals surface area contributed by atoms with Gasteiger partial charge in [0.2, 0.25) is 5.91 Å². The Morgan fingerprint density at radius 2 is 1.60 bits per heavy atom. The zero-order valence-electron chi connectivity index (χ0n) is 17.4. The van der Waals surface area contributed by atoms with E-state index in [1.807, 2.05) is 44.2 Å². The molecule has 2 atom stereocenters. The first-order valence-electron chi connectivity index (χ1n) is 10.1. The number of amides is 2. The quantitative estimate of drug-likeness (QED) is 0.616. The van der Waals surface area contributed by atoms with Crippen molar-refractivity contribution < 1.29 is 9.59 Å². The van der Waals surface area contributed by atoms with E-state index in [1.54, 1.807) is 31.2 Å². The van der Waals surface area contributed by atoms with Gasteiger partial charge < -0.3 is 0 Å². The van der Waals surface area contributed by atoms with Crippen molar-refractivity contribution in [1.82, 2.24) is 20.6 Å². The molecule has 0 aliphatic heterocycles. The average Bonchev–Trinajstić information content (AvgIpc) is 2.78. The van der Waals surface area contributed by atoms with Crippen molar-refractivity contribution in [3.8, 4) is 0 Å². The van der Waals surface area contributed by atoms with Crippen LogP contribution in [0.5, 0.6) is 0 Å². The van der Waals surface area contributed by atoms with Crippen LogP contribution in [0, 0.1) is 5.92 Å². The minimum Gasteiger partial charge on any atom is -0.273 e. The zero-order chi connectivity index (χ0) is 21.7. The van der Waals surface area contributed by atoms with Crippen LogP contribution in [0.3, 0.4) is 0 Å². The summed E-state index contributed by atoms with van der Waals surface area (Å²) >= 11 is 0. The van der Waals surface area contributed by atoms with Gasteiger partial charge in [0.1, 0.15) is 0 Å². The molecule has 3 aromatic rings. The molecule has 7 heteroatoms. The lowest BCUT2D eigenvalue weighted by Gasteiger charge is -2.23. The first-order chi connectivity index (χ1) is 14.5. The van der Waals surface area contributed by atoms with E-state index < -0.39 is 11.8 Å². The fourth-order valence-corrected chi connectivity index (χ4v) is 3.51. The van der Waals surface area contributed by atoms with Crippen molar-refractivity contribution in [3.05, 3.63) is 76.2 Å². The second-order valence-corrected chi connectivity index (χ2v) is 7.23. The van der Waals surface area contributed by atoms with E-state index in [-0.39, 0.29) is 23.1 Å². The number of carbonyl (C=O) groups is 2. The lowest BCUT2D eigenvalue weighted by atomic mass is 9.85. The Kier molecular flexibility index (Phi) is 6.61. The standard InChI is InChI=1S/C23H26N4O3/c1-4-15(3)19(16-11-7-6-8-12-16)21(28)24-25-22(29)20-17-13-9-10-14-18(17)23(30)27(5-2)26-20/h6-15,19H,4-5H2,1-3H3,(H,24,28)(H,25,29). The number of benzene rings is 2. The third kappa shape index (κ3) is 4.25. The number of nitrogens with zero attached hydrogens (tertiary/aromatic N) is 2. The lowest BCUT2D eigenvalue weighted by molar-refractivity contribution is -0.124. The third-order valence-corrected chi connectivity index (χ3v) is 5.34. The molecular weight excluding hydrogens is 380 g/mol. The molecule has 0 bridgehead atoms. The van der Waals surface area contributed by atoms with Gasteiger partial charge in [-0.3, -0.25) is 25.2 Å². The molecule has 1 aromatic heterocycles. The largest absolute Gasteiger partial charge is 0.290 e. The Bertz CT molecular complexity index is 1110. The Morgan fingerprint density at radius 3 is 2.23 bits per heavy atom. The van der Waals surface area contributed by atoms with Gasteiger partial charge in [-0.15, -0.1) is 0 Å². The summed E-state index contributed by atoms with van der Waals surface area (Å²) in [6.07, 6.45) is 0.814. The van der Waals surface area contributed by atoms with E-state index in [0.29, 0.717) is 17.3 Å². The van der Waals surface area contributed by atoms with E-state index in [2.05, 4.69) is 16.0 Å². The van der Waals surface area contributed by atoms with E-state index >= 15 is 0 Å². The second kappa shape index (κ2) is 9.35. The van der Waals surface area contributed by atoms with E-state index in [9.17, 15) is 14.4 Å². The molecule has 1 heterocycles. The van der Waals surface area contributed by atoms with Gasteiger partial charge in [-0.2, -0.15) is 5.10 Å². The maximum Gasteiger partial charge on any atom is 0.290 e. The number of hydrogen-bond acceptors (Lipinski definition) is 4. The fourth-order valence-electron chi connectivity index (χ4n) is 3.51. The van der Waals surface area contributed by atoms with Crippen molar-refractivity contribution in [2.45, 2.75) is 39.7 Å². The van der Waals surface area contributed by atoms with E-state index in [0.717, 1.165) is 12.0 Å². The lowest BCUT2D eigenvalue weighted by Crippen LogP contribution is -2.45. The average molecular weight is 406 g/mol. The van der Waals surface area contributed by atoms with Gasteiger partial charge in [-0.25, -0.2) is 4.68 Å². The Hall–Kier alpha value is -3.48. The summed E-state index contributed by atoms with van der Waals surface area (Å²) < 4.78 is 1.24. The van der Waals surface area contributed by atoms with Crippen LogP contribution in [0.25, 0.3) is 10.8 Å². The van der Waals surface area contributed by atoms with Gasteiger partial charge in [0, 0.05) is 11.9 Å². The summed E-state index contributed by atoms with van der Waals surface area (Å²) in [5, 5.41) is 5.05. The topological polar surface area (TPSA) is 93.1 Å². The number of rotatable bonds is 6. The molecule has 0 saturated heterocycles. The molecule has 0 fully saturated rings. The van der Waals surface area contributed by atoms with Gasteiger partial charge in [-0.05, 0) is 24.5 Å². The van der Waals surface area contributed by atoms with Crippen LogP contribution < -0.4 is 16.4 Å². The zero-order valence-corrected chi connectivity index (χ0v) is 17.4. The van der Waals surface area contributed by atoms with Gasteiger partial charge in [-0.1, -0.05) is 68.8 Å². The van der Waals surface area contributed by atoms with Gasteiger partial charge in [0.15, 0.2) is 5.69 Å². The predicted molar refractivity (Wildman–Crippen MR) is 116 cm³/mol. The highest BCUT2D eigenvalue weighted by Gasteiger charge is 2.26. The number of fused-ring (bicyclic) bond motifs is 1. The number of carbonyl (C=O) groups excluding carboxylic acids is 2. The van der Waals surface area contributed by atoms with Crippen LogP contribution in [-0.4, -0.2) is 21.6 Å². The predicted octanol–water partition coefficient (Wildman–Crippen LogP) is 3.01. The Balaban J connectivity index is 1.85. The Labute approximate surface area is 175 Å². The van der Waals surface area contributed by atoms with Gasteiger partial charge in [0.25, 0.3) is 11.5 Å². The molecule has 0 aliphatic rings. The molecule has 2 aromatic carbocycles. The van der Waals surface area contributed by atoms with Crippen LogP contribution >= 0.6 is 0 Å². The summed E-state index contributed by atoms with van der Waals surface area (Å²) in [5.41, 5.74) is 5.75. The first kappa shape index (κ1) is 21.2. The maximum absolute atomic E-state index is 12.9. The highest BCUT2D eigenvalue weighted by molar-refractivity contribution is 6.05. The summed E-state index contributed by atoms with van der Waals surface area (Å²) in [6, 6.07) is 16.3. The summed E-state index contributed by atoms with van der Waals surface area (Å²) in [5.74, 6) is -1.18. The van der Waals surface area contributed by atoms with Crippen molar-refractivity contribution in [1.29, 1.82) is 0 Å². The molecule has 0 radical (unpaired) electrons. The SMILES string of the molecule is CCC(C)C(C(=O)NNC(=O)c1nn(CC)c(=O)c2ccccc12)c1ccccc1. The van der Waals surface area contributed by atoms with Crippen molar-refractivity contribution >= 4 is 22.6 Å². The second-order valence-electron chi connectivity index (χ2n) is 7.23. The molecule has 2 amide bonds. The van der Waals surface area contributed by atoms with Crippen LogP contribution in [0.4, 0.5) is 0 Å². The van der Waals surface area contributed by atoms with E-state index in [4.69, 9.17) is 0 Å². The van der Waals surface area contributed by atoms with Gasteiger partial charge >= 0.3 is 0 Å². The smallest absolute Gasteiger partial charge is 0.273 e. The third-order valence-electron chi connectivity index (χ3n) is 5.34. The monoisotopic (exact) mass is 406 g/mol. The number of nitrogens with one attached hydrogen (secondary N) is 2. The Morgan fingerprint density at radius 1 is 0.967 bits per heavy atom. The molecule has 0 aliphatic carbocycles. The van der Waals surface area contributed by atoms with Crippen molar-refractivity contribution in [2.75, 3.05) is 0 Å². The fraction of sp³-hybridized carbons (Fsp3) is 0.304. The molecule has 156 valence electrons. The minimum atomic E-state index is -0.572.